The van der Waals surface area contributed by atoms with E-state index in [0.717, 1.165) is 18.7 Å². The number of carboxylic acid groups (broad SMARTS) is 1. The summed E-state index contributed by atoms with van der Waals surface area (Å²) in [6.45, 7) is 3.28. The zero-order valence-electron chi connectivity index (χ0n) is 14.1. The molecule has 1 amide bonds. The Balaban J connectivity index is 0.00000264. The van der Waals surface area contributed by atoms with Gasteiger partial charge in [-0.15, -0.1) is 24.8 Å². The molecule has 2 N–H and O–H groups in total. The number of amides is 1. The highest BCUT2D eigenvalue weighted by Crippen LogP contribution is 2.14. The summed E-state index contributed by atoms with van der Waals surface area (Å²) in [6.07, 6.45) is -0.0487. The molecule has 1 atom stereocenters. The summed E-state index contributed by atoms with van der Waals surface area (Å²) in [4.78, 5) is 14.5. The first kappa shape index (κ1) is 22.8. The number of rotatable bonds is 6. The molecule has 6 nitrogen and oxygen atoms in total. The fraction of sp³-hybridized carbons (Fsp3) is 0.562. The Morgan fingerprint density at radius 3 is 2.58 bits per heavy atom. The molecule has 138 valence electrons. The molecule has 2 rings (SSSR count). The van der Waals surface area contributed by atoms with Crippen molar-refractivity contribution < 1.29 is 14.6 Å². The minimum Gasteiger partial charge on any atom is -0.494 e. The first-order chi connectivity index (χ1) is 10.5. The van der Waals surface area contributed by atoms with Crippen LogP contribution in [0.2, 0.25) is 0 Å². The summed E-state index contributed by atoms with van der Waals surface area (Å²) in [7, 11) is 4.09. The van der Waals surface area contributed by atoms with E-state index in [1.54, 1.807) is 0 Å². The number of halogens is 2. The molecule has 8 heteroatoms. The minimum absolute atomic E-state index is 0. The summed E-state index contributed by atoms with van der Waals surface area (Å²) in [5, 5.41) is 12.3. The summed E-state index contributed by atoms with van der Waals surface area (Å²) in [6, 6.07) is 8.27. The highest BCUT2D eigenvalue weighted by atomic mass is 35.5. The molecule has 0 saturated carbocycles. The third-order valence-electron chi connectivity index (χ3n) is 3.68. The average Bonchev–Trinajstić information content (AvgIpc) is 2.49. The van der Waals surface area contributed by atoms with E-state index in [2.05, 4.69) is 22.3 Å². The fourth-order valence-electron chi connectivity index (χ4n) is 2.57. The third-order valence-corrected chi connectivity index (χ3v) is 3.68. The third kappa shape index (κ3) is 7.57. The minimum atomic E-state index is -0.844. The Hall–Kier alpha value is -1.21. The molecule has 1 aromatic rings. The van der Waals surface area contributed by atoms with Gasteiger partial charge in [0.2, 0.25) is 0 Å². The van der Waals surface area contributed by atoms with Crippen molar-refractivity contribution in [3.63, 3.8) is 0 Å². The Morgan fingerprint density at radius 2 is 2.00 bits per heavy atom. The number of carbonyl (C=O) groups is 1. The number of benzene rings is 1. The van der Waals surface area contributed by atoms with Gasteiger partial charge in [0.15, 0.2) is 0 Å². The van der Waals surface area contributed by atoms with Crippen LogP contribution in [0, 0.1) is 0 Å². The van der Waals surface area contributed by atoms with Gasteiger partial charge in [0.05, 0.1) is 6.61 Å². The molecule has 1 fully saturated rings. The largest absolute Gasteiger partial charge is 0.494 e. The van der Waals surface area contributed by atoms with Crippen LogP contribution in [-0.4, -0.2) is 67.4 Å². The molecule has 0 aliphatic carbocycles. The van der Waals surface area contributed by atoms with Crippen molar-refractivity contribution in [3.05, 3.63) is 29.8 Å². The second-order valence-corrected chi connectivity index (χ2v) is 5.90. The molecular formula is C16H27Cl2N3O3. The molecular weight excluding hydrogens is 353 g/mol. The summed E-state index contributed by atoms with van der Waals surface area (Å²) in [5.41, 5.74) is 1.25. The maximum absolute atomic E-state index is 11.0. The molecule has 0 radical (unpaired) electrons. The molecule has 0 bridgehead atoms. The molecule has 1 heterocycles. The lowest BCUT2D eigenvalue weighted by Gasteiger charge is -2.31. The maximum atomic E-state index is 11.0. The van der Waals surface area contributed by atoms with Crippen LogP contribution in [0.5, 0.6) is 5.75 Å². The van der Waals surface area contributed by atoms with Gasteiger partial charge in [-0.25, -0.2) is 4.79 Å². The van der Waals surface area contributed by atoms with Crippen LogP contribution in [0.4, 0.5) is 4.79 Å². The smallest absolute Gasteiger partial charge is 0.407 e. The van der Waals surface area contributed by atoms with E-state index >= 15 is 0 Å². The molecule has 24 heavy (non-hydrogen) atoms. The van der Waals surface area contributed by atoms with E-state index in [-0.39, 0.29) is 30.9 Å². The zero-order valence-corrected chi connectivity index (χ0v) is 15.7. The first-order valence-corrected chi connectivity index (χ1v) is 7.62. The first-order valence-electron chi connectivity index (χ1n) is 7.62. The van der Waals surface area contributed by atoms with Crippen molar-refractivity contribution in [3.8, 4) is 5.75 Å². The molecule has 0 aromatic heterocycles. The number of nitrogens with zero attached hydrogens (tertiary/aromatic N) is 2. The maximum Gasteiger partial charge on any atom is 0.407 e. The SMILES string of the molecule is CN(C)Cc1ccc(OCC[C@@H]2CN(C(=O)O)CCN2)cc1.Cl.Cl. The van der Waals surface area contributed by atoms with Crippen LogP contribution in [0.1, 0.15) is 12.0 Å². The number of hydrogen-bond acceptors (Lipinski definition) is 4. The standard InChI is InChI=1S/C16H25N3O3.2ClH/c1-18(2)11-13-3-5-15(6-4-13)22-10-7-14-12-19(16(20)21)9-8-17-14;;/h3-6,14,17H,7-12H2,1-2H3,(H,20,21);2*1H/t14-;;/m1../s1. The van der Waals surface area contributed by atoms with Gasteiger partial charge in [-0.2, -0.15) is 0 Å². The molecule has 0 unspecified atom stereocenters. The second kappa shape index (κ2) is 11.4. The Kier molecular flexibility index (Phi) is 10.8. The van der Waals surface area contributed by atoms with Gasteiger partial charge in [0.1, 0.15) is 5.75 Å². The number of hydrogen-bond donors (Lipinski definition) is 2. The predicted octanol–water partition coefficient (Wildman–Crippen LogP) is 2.31. The van der Waals surface area contributed by atoms with Gasteiger partial charge in [0, 0.05) is 32.2 Å². The van der Waals surface area contributed by atoms with E-state index < -0.39 is 6.09 Å². The Labute approximate surface area is 156 Å². The molecule has 0 spiro atoms. The van der Waals surface area contributed by atoms with Crippen LogP contribution in [0.15, 0.2) is 24.3 Å². The van der Waals surface area contributed by atoms with Crippen LogP contribution in [0.25, 0.3) is 0 Å². The quantitative estimate of drug-likeness (QED) is 0.793. The monoisotopic (exact) mass is 379 g/mol. The molecule has 1 aliphatic heterocycles. The van der Waals surface area contributed by atoms with Crippen molar-refractivity contribution in [1.82, 2.24) is 15.1 Å². The van der Waals surface area contributed by atoms with Gasteiger partial charge in [0.25, 0.3) is 0 Å². The summed E-state index contributed by atoms with van der Waals surface area (Å²) < 4.78 is 5.74. The van der Waals surface area contributed by atoms with E-state index in [9.17, 15) is 4.79 Å². The zero-order chi connectivity index (χ0) is 15.9. The van der Waals surface area contributed by atoms with Gasteiger partial charge >= 0.3 is 6.09 Å². The van der Waals surface area contributed by atoms with Crippen LogP contribution < -0.4 is 10.1 Å². The number of nitrogens with one attached hydrogen (secondary N) is 1. The van der Waals surface area contributed by atoms with Crippen molar-refractivity contribution in [2.45, 2.75) is 19.0 Å². The molecule has 1 saturated heterocycles. The van der Waals surface area contributed by atoms with Gasteiger partial charge < -0.3 is 25.0 Å². The Morgan fingerprint density at radius 1 is 1.33 bits per heavy atom. The van der Waals surface area contributed by atoms with Gasteiger partial charge in [-0.1, -0.05) is 12.1 Å². The van der Waals surface area contributed by atoms with Crippen molar-refractivity contribution in [2.24, 2.45) is 0 Å². The lowest BCUT2D eigenvalue weighted by molar-refractivity contribution is 0.124. The topological polar surface area (TPSA) is 65.0 Å². The van der Waals surface area contributed by atoms with Crippen LogP contribution in [0.3, 0.4) is 0 Å². The molecule has 1 aliphatic rings. The van der Waals surface area contributed by atoms with Crippen molar-refractivity contribution >= 4 is 30.9 Å². The lowest BCUT2D eigenvalue weighted by Crippen LogP contribution is -2.52. The average molecular weight is 380 g/mol. The molecule has 1 aromatic carbocycles. The Bertz CT molecular complexity index is 486. The van der Waals surface area contributed by atoms with E-state index in [0.29, 0.717) is 26.2 Å². The number of ether oxygens (including phenoxy) is 1. The highest BCUT2D eigenvalue weighted by molar-refractivity contribution is 5.85. The van der Waals surface area contributed by atoms with Gasteiger partial charge in [-0.3, -0.25) is 0 Å². The van der Waals surface area contributed by atoms with E-state index in [1.807, 2.05) is 26.2 Å². The fourth-order valence-corrected chi connectivity index (χ4v) is 2.57. The predicted molar refractivity (Wildman–Crippen MR) is 99.8 cm³/mol. The normalized spacial score (nSPS) is 17.0. The van der Waals surface area contributed by atoms with Crippen molar-refractivity contribution in [1.29, 1.82) is 0 Å². The highest BCUT2D eigenvalue weighted by Gasteiger charge is 2.22. The summed E-state index contributed by atoms with van der Waals surface area (Å²) in [5.74, 6) is 0.855. The van der Waals surface area contributed by atoms with Gasteiger partial charge in [-0.05, 0) is 38.2 Å². The lowest BCUT2D eigenvalue weighted by atomic mass is 10.1. The van der Waals surface area contributed by atoms with E-state index in [4.69, 9.17) is 9.84 Å². The number of piperazine rings is 1. The van der Waals surface area contributed by atoms with Crippen LogP contribution >= 0.6 is 24.8 Å². The summed E-state index contributed by atoms with van der Waals surface area (Å²) >= 11 is 0. The van der Waals surface area contributed by atoms with Crippen molar-refractivity contribution in [2.75, 3.05) is 40.3 Å². The van der Waals surface area contributed by atoms with Crippen LogP contribution in [-0.2, 0) is 6.54 Å². The van der Waals surface area contributed by atoms with E-state index in [1.165, 1.54) is 10.5 Å². The second-order valence-electron chi connectivity index (χ2n) is 5.90.